The third-order valence-electron chi connectivity index (χ3n) is 2.88. The van der Waals surface area contributed by atoms with Gasteiger partial charge in [-0.15, -0.1) is 13.2 Å². The van der Waals surface area contributed by atoms with Crippen molar-refractivity contribution in [1.29, 1.82) is 0 Å². The standard InChI is InChI=1S/C16H15F3N2O/c1-11-4-2-5-12(8-11)10-21-15(20)13-6-3-7-14(9-13)22-16(17,18)19/h2-9H,10H2,1H3,(H2,20,21). The molecular weight excluding hydrogens is 293 g/mol. The van der Waals surface area contributed by atoms with E-state index < -0.39 is 6.36 Å². The van der Waals surface area contributed by atoms with Crippen molar-refractivity contribution in [3.63, 3.8) is 0 Å². The molecule has 0 spiro atoms. The van der Waals surface area contributed by atoms with Crippen LogP contribution in [-0.4, -0.2) is 12.2 Å². The molecule has 0 aliphatic heterocycles. The van der Waals surface area contributed by atoms with Crippen LogP contribution in [-0.2, 0) is 6.54 Å². The summed E-state index contributed by atoms with van der Waals surface area (Å²) in [4.78, 5) is 4.20. The van der Waals surface area contributed by atoms with Gasteiger partial charge < -0.3 is 10.5 Å². The Morgan fingerprint density at radius 3 is 2.55 bits per heavy atom. The highest BCUT2D eigenvalue weighted by atomic mass is 19.4. The normalized spacial score (nSPS) is 12.3. The van der Waals surface area contributed by atoms with Gasteiger partial charge in [0.05, 0.1) is 6.54 Å². The van der Waals surface area contributed by atoms with Gasteiger partial charge in [0.1, 0.15) is 11.6 Å². The topological polar surface area (TPSA) is 47.6 Å². The van der Waals surface area contributed by atoms with Gasteiger partial charge in [0, 0.05) is 5.56 Å². The Morgan fingerprint density at radius 1 is 1.14 bits per heavy atom. The number of halogens is 3. The zero-order valence-corrected chi connectivity index (χ0v) is 11.9. The molecule has 6 heteroatoms. The fourth-order valence-electron chi connectivity index (χ4n) is 1.93. The Morgan fingerprint density at radius 2 is 1.86 bits per heavy atom. The molecule has 2 N–H and O–H groups in total. The van der Waals surface area contributed by atoms with E-state index in [0.29, 0.717) is 12.1 Å². The lowest BCUT2D eigenvalue weighted by molar-refractivity contribution is -0.274. The van der Waals surface area contributed by atoms with Crippen molar-refractivity contribution in [3.8, 4) is 5.75 Å². The predicted octanol–water partition coefficient (Wildman–Crippen LogP) is 3.80. The van der Waals surface area contributed by atoms with Crippen molar-refractivity contribution in [1.82, 2.24) is 0 Å². The first-order chi connectivity index (χ1) is 10.3. The van der Waals surface area contributed by atoms with Gasteiger partial charge in [-0.3, -0.25) is 4.99 Å². The number of aliphatic imine (C=N–C) groups is 1. The maximum atomic E-state index is 12.2. The SMILES string of the molecule is Cc1cccc(CN=C(N)c2cccc(OC(F)(F)F)c2)c1. The number of rotatable bonds is 4. The van der Waals surface area contributed by atoms with Crippen LogP contribution in [0.1, 0.15) is 16.7 Å². The Kier molecular flexibility index (Phi) is 4.70. The second-order valence-corrected chi connectivity index (χ2v) is 4.77. The van der Waals surface area contributed by atoms with Gasteiger partial charge in [-0.2, -0.15) is 0 Å². The van der Waals surface area contributed by atoms with E-state index in [0.717, 1.165) is 11.1 Å². The van der Waals surface area contributed by atoms with Crippen LogP contribution in [0.2, 0.25) is 0 Å². The third-order valence-corrected chi connectivity index (χ3v) is 2.88. The van der Waals surface area contributed by atoms with Crippen LogP contribution in [0.15, 0.2) is 53.5 Å². The molecule has 0 saturated heterocycles. The average Bonchev–Trinajstić information content (AvgIpc) is 2.43. The molecule has 0 aliphatic rings. The van der Waals surface area contributed by atoms with Crippen molar-refractivity contribution >= 4 is 5.84 Å². The lowest BCUT2D eigenvalue weighted by atomic mass is 10.1. The van der Waals surface area contributed by atoms with E-state index in [1.807, 2.05) is 31.2 Å². The quantitative estimate of drug-likeness (QED) is 0.690. The Balaban J connectivity index is 2.13. The largest absolute Gasteiger partial charge is 0.573 e. The molecule has 2 aromatic rings. The van der Waals surface area contributed by atoms with E-state index in [4.69, 9.17) is 5.73 Å². The van der Waals surface area contributed by atoms with Crippen molar-refractivity contribution in [3.05, 3.63) is 65.2 Å². The van der Waals surface area contributed by atoms with Crippen LogP contribution in [0.5, 0.6) is 5.75 Å². The van der Waals surface area contributed by atoms with Crippen LogP contribution in [0.4, 0.5) is 13.2 Å². The molecular formula is C16H15F3N2O. The summed E-state index contributed by atoms with van der Waals surface area (Å²) in [5.74, 6) is -0.159. The summed E-state index contributed by atoms with van der Waals surface area (Å²) < 4.78 is 40.5. The highest BCUT2D eigenvalue weighted by molar-refractivity contribution is 5.97. The van der Waals surface area contributed by atoms with E-state index >= 15 is 0 Å². The fourth-order valence-corrected chi connectivity index (χ4v) is 1.93. The van der Waals surface area contributed by atoms with Crippen LogP contribution < -0.4 is 10.5 Å². The smallest absolute Gasteiger partial charge is 0.406 e. The Hall–Kier alpha value is -2.50. The molecule has 3 nitrogen and oxygen atoms in total. The summed E-state index contributed by atoms with van der Waals surface area (Å²) in [6.45, 7) is 2.33. The maximum absolute atomic E-state index is 12.2. The number of nitrogens with two attached hydrogens (primary N) is 1. The third kappa shape index (κ3) is 4.80. The average molecular weight is 308 g/mol. The molecule has 0 atom stereocenters. The Bertz CT molecular complexity index is 681. The summed E-state index contributed by atoms with van der Waals surface area (Å²) in [5.41, 5.74) is 8.29. The summed E-state index contributed by atoms with van der Waals surface area (Å²) in [7, 11) is 0. The summed E-state index contributed by atoms with van der Waals surface area (Å²) in [5, 5.41) is 0. The first-order valence-corrected chi connectivity index (χ1v) is 6.55. The van der Waals surface area contributed by atoms with Crippen molar-refractivity contribution in [2.45, 2.75) is 19.8 Å². The minimum atomic E-state index is -4.73. The van der Waals surface area contributed by atoms with Crippen LogP contribution in [0.3, 0.4) is 0 Å². The molecule has 0 bridgehead atoms. The molecule has 0 radical (unpaired) electrons. The summed E-state index contributed by atoms with van der Waals surface area (Å²) in [6, 6.07) is 13.2. The molecule has 116 valence electrons. The minimum absolute atomic E-state index is 0.161. The Labute approximate surface area is 126 Å². The highest BCUT2D eigenvalue weighted by Gasteiger charge is 2.31. The zero-order valence-electron chi connectivity index (χ0n) is 11.9. The molecule has 0 fully saturated rings. The van der Waals surface area contributed by atoms with E-state index in [2.05, 4.69) is 9.73 Å². The number of nitrogens with zero attached hydrogens (tertiary/aromatic N) is 1. The van der Waals surface area contributed by atoms with E-state index in [1.54, 1.807) is 6.07 Å². The molecule has 0 aliphatic carbocycles. The second-order valence-electron chi connectivity index (χ2n) is 4.77. The van der Waals surface area contributed by atoms with E-state index in [-0.39, 0.29) is 11.6 Å². The predicted molar refractivity (Wildman–Crippen MR) is 78.7 cm³/mol. The van der Waals surface area contributed by atoms with Gasteiger partial charge in [0.2, 0.25) is 0 Å². The number of benzene rings is 2. The molecule has 0 unspecified atom stereocenters. The molecule has 0 heterocycles. The lowest BCUT2D eigenvalue weighted by Gasteiger charge is -2.10. The summed E-state index contributed by atoms with van der Waals surface area (Å²) in [6.07, 6.45) is -4.73. The van der Waals surface area contributed by atoms with Gasteiger partial charge in [0.15, 0.2) is 0 Å². The number of ether oxygens (including phenoxy) is 1. The fraction of sp³-hybridized carbons (Fsp3) is 0.188. The molecule has 2 aromatic carbocycles. The van der Waals surface area contributed by atoms with Crippen LogP contribution in [0, 0.1) is 6.92 Å². The zero-order chi connectivity index (χ0) is 16.2. The van der Waals surface area contributed by atoms with Gasteiger partial charge in [-0.05, 0) is 24.6 Å². The number of aryl methyl sites for hydroxylation is 1. The van der Waals surface area contributed by atoms with Crippen molar-refractivity contribution < 1.29 is 17.9 Å². The first-order valence-electron chi connectivity index (χ1n) is 6.55. The van der Waals surface area contributed by atoms with Crippen molar-refractivity contribution in [2.75, 3.05) is 0 Å². The number of amidine groups is 1. The van der Waals surface area contributed by atoms with Crippen LogP contribution >= 0.6 is 0 Å². The first kappa shape index (κ1) is 15.9. The van der Waals surface area contributed by atoms with Crippen LogP contribution in [0.25, 0.3) is 0 Å². The van der Waals surface area contributed by atoms with Gasteiger partial charge >= 0.3 is 6.36 Å². The monoisotopic (exact) mass is 308 g/mol. The van der Waals surface area contributed by atoms with Gasteiger partial charge in [0.25, 0.3) is 0 Å². The van der Waals surface area contributed by atoms with Crippen molar-refractivity contribution in [2.24, 2.45) is 10.7 Å². The van der Waals surface area contributed by atoms with Gasteiger partial charge in [-0.1, -0.05) is 42.0 Å². The van der Waals surface area contributed by atoms with E-state index in [9.17, 15) is 13.2 Å². The molecule has 2 rings (SSSR count). The number of hydrogen-bond acceptors (Lipinski definition) is 2. The lowest BCUT2D eigenvalue weighted by Crippen LogP contribution is -2.18. The summed E-state index contributed by atoms with van der Waals surface area (Å²) >= 11 is 0. The molecule has 0 aromatic heterocycles. The molecule has 22 heavy (non-hydrogen) atoms. The minimum Gasteiger partial charge on any atom is -0.406 e. The number of hydrogen-bond donors (Lipinski definition) is 1. The van der Waals surface area contributed by atoms with E-state index in [1.165, 1.54) is 18.2 Å². The van der Waals surface area contributed by atoms with Gasteiger partial charge in [-0.25, -0.2) is 0 Å². The maximum Gasteiger partial charge on any atom is 0.573 e. The highest BCUT2D eigenvalue weighted by Crippen LogP contribution is 2.23. The molecule has 0 saturated carbocycles. The molecule has 0 amide bonds. The second kappa shape index (κ2) is 6.51. The number of alkyl halides is 3.